The van der Waals surface area contributed by atoms with Crippen molar-refractivity contribution in [2.24, 2.45) is 0 Å². The number of hydrogen-bond acceptors (Lipinski definition) is 0. The summed E-state index contributed by atoms with van der Waals surface area (Å²) in [6.07, 6.45) is 12.1. The molecule has 0 saturated heterocycles. The van der Waals surface area contributed by atoms with E-state index in [4.69, 9.17) is 0 Å². The normalized spacial score (nSPS) is 16.7. The van der Waals surface area contributed by atoms with Crippen LogP contribution in [0.15, 0.2) is 24.3 Å². The van der Waals surface area contributed by atoms with Crippen LogP contribution < -0.4 is 0 Å². The van der Waals surface area contributed by atoms with Gasteiger partial charge in [-0.15, -0.1) is 0 Å². The van der Waals surface area contributed by atoms with Crippen molar-refractivity contribution in [1.29, 1.82) is 0 Å². The molecule has 0 spiro atoms. The fourth-order valence-corrected chi connectivity index (χ4v) is 1.96. The van der Waals surface area contributed by atoms with Crippen LogP contribution in [0, 0.1) is 6.42 Å². The molecular weight excluding hydrogens is 144 g/mol. The molecule has 1 aromatic carbocycles. The Labute approximate surface area is 72.2 Å². The average Bonchev–Trinajstić information content (AvgIpc) is 2.71. The molecule has 57 valence electrons. The van der Waals surface area contributed by atoms with Crippen LogP contribution in [0.4, 0.5) is 0 Å². The zero-order chi connectivity index (χ0) is 7.97. The summed E-state index contributed by atoms with van der Waals surface area (Å²) >= 11 is 0. The van der Waals surface area contributed by atoms with Gasteiger partial charge in [0.25, 0.3) is 0 Å². The lowest BCUT2D eigenvalue weighted by atomic mass is 9.99. The Bertz CT molecular complexity index is 395. The van der Waals surface area contributed by atoms with Gasteiger partial charge in [0.2, 0.25) is 0 Å². The molecule has 1 aromatic rings. The summed E-state index contributed by atoms with van der Waals surface area (Å²) in [5.74, 6) is 0. The van der Waals surface area contributed by atoms with Crippen molar-refractivity contribution in [3.05, 3.63) is 53.0 Å². The maximum atomic E-state index is 2.23. The van der Waals surface area contributed by atoms with Gasteiger partial charge >= 0.3 is 0 Å². The lowest BCUT2D eigenvalue weighted by Gasteiger charge is -2.05. The Hall–Kier alpha value is -1.30. The first-order valence-electron chi connectivity index (χ1n) is 4.29. The molecule has 3 rings (SSSR count). The Morgan fingerprint density at radius 1 is 1.00 bits per heavy atom. The molecule has 1 radical (unpaired) electrons. The van der Waals surface area contributed by atoms with Crippen LogP contribution in [0.2, 0.25) is 0 Å². The van der Waals surface area contributed by atoms with Crippen molar-refractivity contribution in [3.8, 4) is 0 Å². The van der Waals surface area contributed by atoms with Gasteiger partial charge in [0, 0.05) is 6.42 Å². The minimum atomic E-state index is 1.11. The van der Waals surface area contributed by atoms with Crippen molar-refractivity contribution in [3.63, 3.8) is 0 Å². The van der Waals surface area contributed by atoms with E-state index in [1.807, 2.05) is 0 Å². The summed E-state index contributed by atoms with van der Waals surface area (Å²) in [5.41, 5.74) is 5.66. The fourth-order valence-electron chi connectivity index (χ4n) is 1.96. The highest BCUT2D eigenvalue weighted by Crippen LogP contribution is 2.31. The van der Waals surface area contributed by atoms with Crippen LogP contribution in [0.5, 0.6) is 0 Å². The van der Waals surface area contributed by atoms with Crippen molar-refractivity contribution >= 4 is 12.2 Å². The second-order valence-corrected chi connectivity index (χ2v) is 3.27. The number of allylic oxidation sites excluding steroid dienone is 2. The summed E-state index contributed by atoms with van der Waals surface area (Å²) < 4.78 is 0. The SMILES string of the molecule is [CH]1C=Cc2ccc3c(c21)C=CC3. The molecule has 0 bridgehead atoms. The second-order valence-electron chi connectivity index (χ2n) is 3.27. The third-order valence-electron chi connectivity index (χ3n) is 2.57. The molecule has 0 fully saturated rings. The lowest BCUT2D eigenvalue weighted by molar-refractivity contribution is 1.29. The van der Waals surface area contributed by atoms with Gasteiger partial charge in [0.1, 0.15) is 0 Å². The third kappa shape index (κ3) is 0.672. The molecule has 0 N–H and O–H groups in total. The summed E-state index contributed by atoms with van der Waals surface area (Å²) in [5, 5.41) is 0. The molecule has 0 nitrogen and oxygen atoms in total. The average molecular weight is 153 g/mol. The molecule has 0 unspecified atom stereocenters. The minimum absolute atomic E-state index is 1.11. The van der Waals surface area contributed by atoms with E-state index in [9.17, 15) is 0 Å². The first-order valence-corrected chi connectivity index (χ1v) is 4.29. The summed E-state index contributed by atoms with van der Waals surface area (Å²) in [4.78, 5) is 0. The number of fused-ring (bicyclic) bond motifs is 3. The van der Waals surface area contributed by atoms with Gasteiger partial charge in [-0.05, 0) is 28.7 Å². The second kappa shape index (κ2) is 2.10. The fraction of sp³-hybridized carbons (Fsp3) is 0.0833. The van der Waals surface area contributed by atoms with E-state index in [0.717, 1.165) is 6.42 Å². The van der Waals surface area contributed by atoms with Gasteiger partial charge in [-0.25, -0.2) is 0 Å². The maximum Gasteiger partial charge on any atom is 0.0137 e. The van der Waals surface area contributed by atoms with Gasteiger partial charge in [0.05, 0.1) is 0 Å². The highest BCUT2D eigenvalue weighted by Gasteiger charge is 2.14. The van der Waals surface area contributed by atoms with Gasteiger partial charge in [-0.2, -0.15) is 0 Å². The molecular formula is C12H9. The van der Waals surface area contributed by atoms with E-state index in [1.54, 1.807) is 0 Å². The molecule has 0 amide bonds. The molecule has 0 heterocycles. The maximum absolute atomic E-state index is 2.23. The van der Waals surface area contributed by atoms with E-state index >= 15 is 0 Å². The minimum Gasteiger partial charge on any atom is -0.0795 e. The van der Waals surface area contributed by atoms with E-state index < -0.39 is 0 Å². The van der Waals surface area contributed by atoms with Crippen LogP contribution in [-0.4, -0.2) is 0 Å². The highest BCUT2D eigenvalue weighted by molar-refractivity contribution is 5.76. The Morgan fingerprint density at radius 2 is 2.00 bits per heavy atom. The van der Waals surface area contributed by atoms with E-state index in [1.165, 1.54) is 22.3 Å². The molecule has 2 aliphatic carbocycles. The van der Waals surface area contributed by atoms with Gasteiger partial charge < -0.3 is 0 Å². The predicted octanol–water partition coefficient (Wildman–Crippen LogP) is 2.84. The molecule has 2 aliphatic rings. The van der Waals surface area contributed by atoms with Crippen molar-refractivity contribution < 1.29 is 0 Å². The number of rotatable bonds is 0. The van der Waals surface area contributed by atoms with Crippen LogP contribution in [0.1, 0.15) is 22.3 Å². The molecule has 0 aromatic heterocycles. The first-order chi connectivity index (χ1) is 5.95. The standard InChI is InChI=1S/C12H9/c1-3-9-7-8-10-4-2-6-12(10)11(9)5-1/h1-3,5-8H,4H2. The van der Waals surface area contributed by atoms with E-state index in [0.29, 0.717) is 0 Å². The summed E-state index contributed by atoms with van der Waals surface area (Å²) in [6, 6.07) is 4.44. The Balaban J connectivity index is 2.33. The molecule has 0 aliphatic heterocycles. The molecule has 0 heteroatoms. The number of hydrogen-bond donors (Lipinski definition) is 0. The zero-order valence-corrected chi connectivity index (χ0v) is 6.75. The Morgan fingerprint density at radius 3 is 3.00 bits per heavy atom. The predicted molar refractivity (Wildman–Crippen MR) is 51.6 cm³/mol. The van der Waals surface area contributed by atoms with Gasteiger partial charge in [-0.3, -0.25) is 0 Å². The van der Waals surface area contributed by atoms with E-state index in [-0.39, 0.29) is 0 Å². The topological polar surface area (TPSA) is 0 Å². The van der Waals surface area contributed by atoms with Gasteiger partial charge in [0.15, 0.2) is 0 Å². The van der Waals surface area contributed by atoms with Crippen LogP contribution in [0.3, 0.4) is 0 Å². The highest BCUT2D eigenvalue weighted by atomic mass is 14.2. The quantitative estimate of drug-likeness (QED) is 0.537. The summed E-state index contributed by atoms with van der Waals surface area (Å²) in [6.45, 7) is 0. The first kappa shape index (κ1) is 6.24. The monoisotopic (exact) mass is 153 g/mol. The van der Waals surface area contributed by atoms with Crippen LogP contribution >= 0.6 is 0 Å². The summed E-state index contributed by atoms with van der Waals surface area (Å²) in [7, 11) is 0. The van der Waals surface area contributed by atoms with Crippen molar-refractivity contribution in [1.82, 2.24) is 0 Å². The van der Waals surface area contributed by atoms with E-state index in [2.05, 4.69) is 42.9 Å². The largest absolute Gasteiger partial charge is 0.0795 e. The molecule has 12 heavy (non-hydrogen) atoms. The zero-order valence-electron chi connectivity index (χ0n) is 6.75. The van der Waals surface area contributed by atoms with Gasteiger partial charge in [-0.1, -0.05) is 36.4 Å². The van der Waals surface area contributed by atoms with Crippen LogP contribution in [0.25, 0.3) is 12.2 Å². The smallest absolute Gasteiger partial charge is 0.0137 e. The lowest BCUT2D eigenvalue weighted by Crippen LogP contribution is -1.89. The molecule has 0 atom stereocenters. The number of benzene rings is 1. The van der Waals surface area contributed by atoms with Crippen LogP contribution in [-0.2, 0) is 6.42 Å². The molecule has 0 saturated carbocycles. The Kier molecular flexibility index (Phi) is 1.09. The van der Waals surface area contributed by atoms with Crippen molar-refractivity contribution in [2.75, 3.05) is 0 Å². The third-order valence-corrected chi connectivity index (χ3v) is 2.57. The van der Waals surface area contributed by atoms with Crippen molar-refractivity contribution in [2.45, 2.75) is 6.42 Å².